The van der Waals surface area contributed by atoms with Gasteiger partial charge in [0, 0.05) is 0 Å². The molecule has 0 amide bonds. The molecule has 2 aromatic rings. The Labute approximate surface area is 55.9 Å². The van der Waals surface area contributed by atoms with Gasteiger partial charge in [0.25, 0.3) is 0 Å². The summed E-state index contributed by atoms with van der Waals surface area (Å²) in [6, 6.07) is 1.33. The van der Waals surface area contributed by atoms with Crippen molar-refractivity contribution in [2.45, 2.75) is 0 Å². The van der Waals surface area contributed by atoms with Crippen LogP contribution >= 0.6 is 0 Å². The molecule has 0 fully saturated rings. The van der Waals surface area contributed by atoms with Crippen LogP contribution in [0.5, 0.6) is 0 Å². The van der Waals surface area contributed by atoms with Gasteiger partial charge in [-0.2, -0.15) is 5.10 Å². The van der Waals surface area contributed by atoms with Crippen molar-refractivity contribution >= 4 is 11.0 Å². The van der Waals surface area contributed by atoms with E-state index in [2.05, 4.69) is 21.4 Å². The van der Waals surface area contributed by atoms with E-state index in [4.69, 9.17) is 0 Å². The van der Waals surface area contributed by atoms with Crippen LogP contribution in [0.1, 0.15) is 0 Å². The third-order valence-electron chi connectivity index (χ3n) is 1.19. The lowest BCUT2D eigenvalue weighted by atomic mass is 10.3. The number of aromatic nitrogens is 3. The molecule has 0 aliphatic carbocycles. The highest BCUT2D eigenvalue weighted by atomic mass is 19.1. The van der Waals surface area contributed by atoms with Gasteiger partial charge in [0.1, 0.15) is 12.0 Å². The highest BCUT2D eigenvalue weighted by Gasteiger charge is 1.96. The van der Waals surface area contributed by atoms with Crippen LogP contribution in [0.15, 0.2) is 12.3 Å². The van der Waals surface area contributed by atoms with E-state index < -0.39 is 0 Å². The lowest BCUT2D eigenvalue weighted by molar-refractivity contribution is 0.624. The molecule has 49 valence electrons. The van der Waals surface area contributed by atoms with E-state index in [9.17, 15) is 4.39 Å². The first-order valence-corrected chi connectivity index (χ1v) is 2.73. The molecule has 2 rings (SSSR count). The minimum Gasteiger partial charge on any atom is -0.260 e. The summed E-state index contributed by atoms with van der Waals surface area (Å²) < 4.78 is 12.4. The molecule has 0 atom stereocenters. The first-order valence-electron chi connectivity index (χ1n) is 2.73. The zero-order valence-corrected chi connectivity index (χ0v) is 4.93. The van der Waals surface area contributed by atoms with E-state index in [1.54, 1.807) is 0 Å². The second-order valence-electron chi connectivity index (χ2n) is 1.89. The Balaban J connectivity index is 2.86. The summed E-state index contributed by atoms with van der Waals surface area (Å²) in [5.41, 5.74) is 0.557. The minimum absolute atomic E-state index is 0.370. The maximum absolute atomic E-state index is 12.4. The van der Waals surface area contributed by atoms with Gasteiger partial charge in [-0.25, -0.2) is 9.37 Å². The van der Waals surface area contributed by atoms with Crippen molar-refractivity contribution in [3.05, 3.63) is 24.3 Å². The maximum Gasteiger partial charge on any atom is 0.156 e. The van der Waals surface area contributed by atoms with E-state index in [0.717, 1.165) is 6.20 Å². The standard InChI is InChI=1S/C6H3FN3/c7-5-1-4-2-9-10-6(4)8-3-5/h1,3H,(H,8,9,10). The summed E-state index contributed by atoms with van der Waals surface area (Å²) >= 11 is 0. The molecule has 2 heterocycles. The van der Waals surface area contributed by atoms with Gasteiger partial charge in [0.15, 0.2) is 5.65 Å². The molecule has 0 saturated heterocycles. The predicted octanol–water partition coefficient (Wildman–Crippen LogP) is 0.897. The molecule has 0 aliphatic rings. The number of halogens is 1. The van der Waals surface area contributed by atoms with Gasteiger partial charge >= 0.3 is 0 Å². The van der Waals surface area contributed by atoms with Crippen LogP contribution in [-0.4, -0.2) is 15.2 Å². The van der Waals surface area contributed by atoms with Gasteiger partial charge in [-0.3, -0.25) is 5.10 Å². The van der Waals surface area contributed by atoms with Crippen LogP contribution in [0, 0.1) is 12.0 Å². The molecule has 0 spiro atoms. The van der Waals surface area contributed by atoms with Gasteiger partial charge in [-0.05, 0) is 6.07 Å². The smallest absolute Gasteiger partial charge is 0.156 e. The summed E-state index contributed by atoms with van der Waals surface area (Å²) in [6.07, 6.45) is 3.69. The first kappa shape index (κ1) is 5.34. The highest BCUT2D eigenvalue weighted by molar-refractivity contribution is 5.72. The number of rotatable bonds is 0. The van der Waals surface area contributed by atoms with E-state index in [0.29, 0.717) is 11.0 Å². The van der Waals surface area contributed by atoms with Gasteiger partial charge in [0.2, 0.25) is 0 Å². The monoisotopic (exact) mass is 136 g/mol. The second kappa shape index (κ2) is 1.76. The van der Waals surface area contributed by atoms with Crippen molar-refractivity contribution in [2.24, 2.45) is 0 Å². The number of fused-ring (bicyclic) bond motifs is 1. The number of hydrogen-bond acceptors (Lipinski definition) is 2. The van der Waals surface area contributed by atoms with Crippen LogP contribution in [0.3, 0.4) is 0 Å². The Morgan fingerprint density at radius 2 is 2.50 bits per heavy atom. The summed E-state index contributed by atoms with van der Waals surface area (Å²) in [4.78, 5) is 3.72. The summed E-state index contributed by atoms with van der Waals surface area (Å²) in [5.74, 6) is -0.370. The van der Waals surface area contributed by atoms with E-state index in [1.165, 1.54) is 6.07 Å². The number of pyridine rings is 1. The molecule has 3 nitrogen and oxygen atoms in total. The van der Waals surface area contributed by atoms with E-state index in [-0.39, 0.29) is 5.82 Å². The van der Waals surface area contributed by atoms with Crippen LogP contribution in [0.4, 0.5) is 4.39 Å². The molecule has 0 saturated carbocycles. The average Bonchev–Trinajstić information content (AvgIpc) is 2.33. The molecule has 0 bridgehead atoms. The largest absolute Gasteiger partial charge is 0.260 e. The Morgan fingerprint density at radius 1 is 1.60 bits per heavy atom. The first-order chi connectivity index (χ1) is 4.86. The Morgan fingerprint density at radius 3 is 3.40 bits per heavy atom. The number of nitrogens with zero attached hydrogens (tertiary/aromatic N) is 2. The fourth-order valence-corrected chi connectivity index (χ4v) is 0.755. The molecule has 10 heavy (non-hydrogen) atoms. The van der Waals surface area contributed by atoms with Crippen LogP contribution in [-0.2, 0) is 0 Å². The maximum atomic E-state index is 12.4. The number of hydrogen-bond donors (Lipinski definition) is 1. The van der Waals surface area contributed by atoms with Crippen molar-refractivity contribution in [1.29, 1.82) is 0 Å². The molecule has 4 heteroatoms. The normalized spacial score (nSPS) is 10.5. The van der Waals surface area contributed by atoms with Gasteiger partial charge < -0.3 is 0 Å². The number of nitrogens with one attached hydrogen (secondary N) is 1. The summed E-state index contributed by atoms with van der Waals surface area (Å²) in [7, 11) is 0. The third kappa shape index (κ3) is 0.655. The topological polar surface area (TPSA) is 41.6 Å². The third-order valence-corrected chi connectivity index (χ3v) is 1.19. The molecule has 1 radical (unpaired) electrons. The van der Waals surface area contributed by atoms with Crippen molar-refractivity contribution in [2.75, 3.05) is 0 Å². The zero-order chi connectivity index (χ0) is 6.97. The van der Waals surface area contributed by atoms with Crippen LogP contribution in [0.25, 0.3) is 11.0 Å². The summed E-state index contributed by atoms with van der Waals surface area (Å²) in [6.45, 7) is 0. The number of H-pyrrole nitrogens is 1. The van der Waals surface area contributed by atoms with Crippen molar-refractivity contribution < 1.29 is 4.39 Å². The Bertz CT molecular complexity index is 355. The minimum atomic E-state index is -0.370. The second-order valence-corrected chi connectivity index (χ2v) is 1.89. The summed E-state index contributed by atoms with van der Waals surface area (Å²) in [5, 5.41) is 6.70. The van der Waals surface area contributed by atoms with E-state index >= 15 is 0 Å². The molecule has 0 aromatic carbocycles. The lowest BCUT2D eigenvalue weighted by Crippen LogP contribution is -1.78. The predicted molar refractivity (Wildman–Crippen MR) is 32.7 cm³/mol. The fourth-order valence-electron chi connectivity index (χ4n) is 0.755. The molecule has 0 aliphatic heterocycles. The quantitative estimate of drug-likeness (QED) is 0.584. The van der Waals surface area contributed by atoms with Crippen LogP contribution < -0.4 is 0 Å². The highest BCUT2D eigenvalue weighted by Crippen LogP contribution is 2.06. The molecule has 2 aromatic heterocycles. The van der Waals surface area contributed by atoms with E-state index in [1.807, 2.05) is 0 Å². The van der Waals surface area contributed by atoms with Crippen LogP contribution in [0.2, 0.25) is 0 Å². The Kier molecular flexibility index (Phi) is 0.943. The van der Waals surface area contributed by atoms with Crippen molar-refractivity contribution in [3.8, 4) is 0 Å². The van der Waals surface area contributed by atoms with Gasteiger partial charge in [-0.1, -0.05) is 0 Å². The lowest BCUT2D eigenvalue weighted by Gasteiger charge is -1.84. The molecular formula is C6H3FN3. The Hall–Kier alpha value is -1.45. The zero-order valence-electron chi connectivity index (χ0n) is 4.93. The molecule has 1 N–H and O–H groups in total. The average molecular weight is 136 g/mol. The van der Waals surface area contributed by atoms with Gasteiger partial charge in [-0.15, -0.1) is 0 Å². The number of aromatic amines is 1. The van der Waals surface area contributed by atoms with Crippen molar-refractivity contribution in [3.63, 3.8) is 0 Å². The van der Waals surface area contributed by atoms with Gasteiger partial charge in [0.05, 0.1) is 11.6 Å². The fraction of sp³-hybridized carbons (Fsp3) is 0. The molecule has 0 unspecified atom stereocenters. The SMILES string of the molecule is Fc1cnc2[nH]n[c]c2c1. The molecular weight excluding hydrogens is 133 g/mol. The van der Waals surface area contributed by atoms with Crippen molar-refractivity contribution in [1.82, 2.24) is 15.2 Å².